The Kier molecular flexibility index (Phi) is 4.86. The van der Waals surface area contributed by atoms with Crippen molar-refractivity contribution in [2.45, 2.75) is 26.4 Å². The molecule has 0 aliphatic carbocycles. The molecular formula is C17H17ClO3. The third-order valence-corrected chi connectivity index (χ3v) is 3.29. The van der Waals surface area contributed by atoms with Crippen molar-refractivity contribution in [3.8, 4) is 5.75 Å². The molecular weight excluding hydrogens is 288 g/mol. The van der Waals surface area contributed by atoms with Gasteiger partial charge in [0.2, 0.25) is 0 Å². The molecule has 0 amide bonds. The van der Waals surface area contributed by atoms with Crippen LogP contribution in [0.2, 0.25) is 5.02 Å². The van der Waals surface area contributed by atoms with E-state index in [-0.39, 0.29) is 6.42 Å². The van der Waals surface area contributed by atoms with E-state index in [0.717, 1.165) is 16.7 Å². The van der Waals surface area contributed by atoms with Crippen molar-refractivity contribution in [2.75, 3.05) is 0 Å². The van der Waals surface area contributed by atoms with Crippen LogP contribution < -0.4 is 4.74 Å². The maximum absolute atomic E-state index is 11.4. The standard InChI is InChI=1S/C17H17ClO3/c1-11-6-12(2)8-15(7-11)21-16(17(19)20)10-13-4-3-5-14(18)9-13/h3-9,16H,10H2,1-2H3,(H,19,20). The van der Waals surface area contributed by atoms with Gasteiger partial charge in [0.1, 0.15) is 5.75 Å². The SMILES string of the molecule is Cc1cc(C)cc(OC(Cc2cccc(Cl)c2)C(=O)O)c1. The van der Waals surface area contributed by atoms with Crippen molar-refractivity contribution in [1.82, 2.24) is 0 Å². The van der Waals surface area contributed by atoms with Gasteiger partial charge >= 0.3 is 5.97 Å². The zero-order chi connectivity index (χ0) is 15.4. The van der Waals surface area contributed by atoms with E-state index >= 15 is 0 Å². The van der Waals surface area contributed by atoms with Crippen molar-refractivity contribution in [1.29, 1.82) is 0 Å². The zero-order valence-electron chi connectivity index (χ0n) is 12.0. The summed E-state index contributed by atoms with van der Waals surface area (Å²) in [7, 11) is 0. The second kappa shape index (κ2) is 6.64. The number of hydrogen-bond donors (Lipinski definition) is 1. The molecule has 4 heteroatoms. The summed E-state index contributed by atoms with van der Waals surface area (Å²) in [5.74, 6) is -0.420. The quantitative estimate of drug-likeness (QED) is 0.907. The second-order valence-electron chi connectivity index (χ2n) is 5.10. The van der Waals surface area contributed by atoms with E-state index < -0.39 is 12.1 Å². The number of ether oxygens (including phenoxy) is 1. The molecule has 1 N–H and O–H groups in total. The van der Waals surface area contributed by atoms with Gasteiger partial charge in [-0.05, 0) is 54.8 Å². The third kappa shape index (κ3) is 4.50. The molecule has 0 bridgehead atoms. The van der Waals surface area contributed by atoms with E-state index in [1.165, 1.54) is 0 Å². The molecule has 1 atom stereocenters. The molecule has 1 unspecified atom stereocenters. The molecule has 0 radical (unpaired) electrons. The molecule has 0 aliphatic heterocycles. The Labute approximate surface area is 129 Å². The lowest BCUT2D eigenvalue weighted by Gasteiger charge is -2.16. The van der Waals surface area contributed by atoms with Crippen LogP contribution in [0.1, 0.15) is 16.7 Å². The van der Waals surface area contributed by atoms with Crippen molar-refractivity contribution >= 4 is 17.6 Å². The molecule has 0 spiro atoms. The Morgan fingerprint density at radius 2 is 1.86 bits per heavy atom. The van der Waals surface area contributed by atoms with E-state index in [1.54, 1.807) is 18.2 Å². The molecule has 0 aromatic heterocycles. The fourth-order valence-electron chi connectivity index (χ4n) is 2.22. The lowest BCUT2D eigenvalue weighted by Crippen LogP contribution is -2.29. The monoisotopic (exact) mass is 304 g/mol. The Bertz CT molecular complexity index is 632. The first-order chi connectivity index (χ1) is 9.94. The fourth-order valence-corrected chi connectivity index (χ4v) is 2.44. The largest absolute Gasteiger partial charge is 0.478 e. The minimum Gasteiger partial charge on any atom is -0.478 e. The Morgan fingerprint density at radius 3 is 2.43 bits per heavy atom. The number of aliphatic carboxylic acids is 1. The first-order valence-corrected chi connectivity index (χ1v) is 7.04. The van der Waals surface area contributed by atoms with E-state index in [9.17, 15) is 9.90 Å². The van der Waals surface area contributed by atoms with Crippen LogP contribution in [0.4, 0.5) is 0 Å². The molecule has 0 fully saturated rings. The van der Waals surface area contributed by atoms with Crippen LogP contribution in [0.3, 0.4) is 0 Å². The predicted molar refractivity (Wildman–Crippen MR) is 83.1 cm³/mol. The molecule has 0 heterocycles. The average Bonchev–Trinajstić information content (AvgIpc) is 2.36. The van der Waals surface area contributed by atoms with Gasteiger partial charge in [0.05, 0.1) is 0 Å². The van der Waals surface area contributed by atoms with Gasteiger partial charge in [-0.15, -0.1) is 0 Å². The summed E-state index contributed by atoms with van der Waals surface area (Å²) in [6.07, 6.45) is -0.673. The first kappa shape index (κ1) is 15.4. The number of benzene rings is 2. The summed E-state index contributed by atoms with van der Waals surface area (Å²) in [6.45, 7) is 3.90. The van der Waals surface area contributed by atoms with E-state index in [4.69, 9.17) is 16.3 Å². The van der Waals surface area contributed by atoms with Crippen LogP contribution in [0.5, 0.6) is 5.75 Å². The van der Waals surface area contributed by atoms with Gasteiger partial charge < -0.3 is 9.84 Å². The normalized spacial score (nSPS) is 12.0. The highest BCUT2D eigenvalue weighted by Gasteiger charge is 2.20. The molecule has 2 aromatic rings. The smallest absolute Gasteiger partial charge is 0.345 e. The Morgan fingerprint density at radius 1 is 1.19 bits per heavy atom. The molecule has 3 nitrogen and oxygen atoms in total. The highest BCUT2D eigenvalue weighted by Crippen LogP contribution is 2.20. The van der Waals surface area contributed by atoms with Crippen LogP contribution >= 0.6 is 11.6 Å². The highest BCUT2D eigenvalue weighted by molar-refractivity contribution is 6.30. The zero-order valence-corrected chi connectivity index (χ0v) is 12.7. The second-order valence-corrected chi connectivity index (χ2v) is 5.54. The van der Waals surface area contributed by atoms with Gasteiger partial charge in [0.15, 0.2) is 6.10 Å². The average molecular weight is 305 g/mol. The van der Waals surface area contributed by atoms with E-state index in [2.05, 4.69) is 0 Å². The van der Waals surface area contributed by atoms with Crippen molar-refractivity contribution < 1.29 is 14.6 Å². The summed E-state index contributed by atoms with van der Waals surface area (Å²) in [6, 6.07) is 12.8. The van der Waals surface area contributed by atoms with E-state index in [1.807, 2.05) is 38.1 Å². The van der Waals surface area contributed by atoms with Gasteiger partial charge in [-0.25, -0.2) is 4.79 Å². The van der Waals surface area contributed by atoms with Crippen molar-refractivity contribution in [2.24, 2.45) is 0 Å². The van der Waals surface area contributed by atoms with Gasteiger partial charge in [-0.3, -0.25) is 0 Å². The number of carboxylic acids is 1. The summed E-state index contributed by atoms with van der Waals surface area (Å²) in [4.78, 5) is 11.4. The molecule has 2 rings (SSSR count). The molecule has 110 valence electrons. The van der Waals surface area contributed by atoms with Crippen LogP contribution in [0.15, 0.2) is 42.5 Å². The maximum Gasteiger partial charge on any atom is 0.345 e. The maximum atomic E-state index is 11.4. The molecule has 2 aromatic carbocycles. The lowest BCUT2D eigenvalue weighted by molar-refractivity contribution is -0.145. The molecule has 21 heavy (non-hydrogen) atoms. The number of rotatable bonds is 5. The third-order valence-electron chi connectivity index (χ3n) is 3.06. The highest BCUT2D eigenvalue weighted by atomic mass is 35.5. The number of hydrogen-bond acceptors (Lipinski definition) is 2. The topological polar surface area (TPSA) is 46.5 Å². The van der Waals surface area contributed by atoms with Crippen molar-refractivity contribution in [3.63, 3.8) is 0 Å². The summed E-state index contributed by atoms with van der Waals surface area (Å²) >= 11 is 5.92. The Hall–Kier alpha value is -2.00. The summed E-state index contributed by atoms with van der Waals surface area (Å²) in [5.41, 5.74) is 2.91. The number of carboxylic acid groups (broad SMARTS) is 1. The molecule has 0 saturated heterocycles. The number of halogens is 1. The lowest BCUT2D eigenvalue weighted by atomic mass is 10.1. The number of aryl methyl sites for hydroxylation is 2. The van der Waals surface area contributed by atoms with Crippen LogP contribution in [-0.4, -0.2) is 17.2 Å². The van der Waals surface area contributed by atoms with Gasteiger partial charge in [0, 0.05) is 11.4 Å². The summed E-state index contributed by atoms with van der Waals surface area (Å²) in [5, 5.41) is 9.93. The first-order valence-electron chi connectivity index (χ1n) is 6.66. The van der Waals surface area contributed by atoms with Crippen LogP contribution in [0, 0.1) is 13.8 Å². The molecule has 0 aliphatic rings. The van der Waals surface area contributed by atoms with Gasteiger partial charge in [-0.2, -0.15) is 0 Å². The minimum atomic E-state index is -0.992. The number of carbonyl (C=O) groups is 1. The van der Waals surface area contributed by atoms with Gasteiger partial charge in [-0.1, -0.05) is 29.8 Å². The van der Waals surface area contributed by atoms with Crippen LogP contribution in [0.25, 0.3) is 0 Å². The fraction of sp³-hybridized carbons (Fsp3) is 0.235. The summed E-state index contributed by atoms with van der Waals surface area (Å²) < 4.78 is 5.64. The van der Waals surface area contributed by atoms with Crippen LogP contribution in [-0.2, 0) is 11.2 Å². The minimum absolute atomic E-state index is 0.267. The van der Waals surface area contributed by atoms with Crippen molar-refractivity contribution in [3.05, 3.63) is 64.2 Å². The molecule has 0 saturated carbocycles. The van der Waals surface area contributed by atoms with E-state index in [0.29, 0.717) is 10.8 Å². The Balaban J connectivity index is 2.17. The van der Waals surface area contributed by atoms with Gasteiger partial charge in [0.25, 0.3) is 0 Å². The predicted octanol–water partition coefficient (Wildman–Crippen LogP) is 4.03.